The second-order valence-electron chi connectivity index (χ2n) is 4.95. The SMILES string of the molecule is CCCCN(C)c1nccc(C(=O)Nc2ccccc2Cl)n1. The van der Waals surface area contributed by atoms with Crippen LogP contribution in [0.5, 0.6) is 0 Å². The highest BCUT2D eigenvalue weighted by atomic mass is 35.5. The van der Waals surface area contributed by atoms with Crippen molar-refractivity contribution in [1.29, 1.82) is 0 Å². The van der Waals surface area contributed by atoms with Gasteiger partial charge in [0.15, 0.2) is 0 Å². The van der Waals surface area contributed by atoms with Crippen LogP contribution in [0.1, 0.15) is 30.3 Å². The number of carbonyl (C=O) groups is 1. The lowest BCUT2D eigenvalue weighted by Gasteiger charge is -2.16. The number of rotatable bonds is 6. The van der Waals surface area contributed by atoms with Crippen LogP contribution in [0.4, 0.5) is 11.6 Å². The summed E-state index contributed by atoms with van der Waals surface area (Å²) >= 11 is 6.04. The summed E-state index contributed by atoms with van der Waals surface area (Å²) in [4.78, 5) is 22.7. The predicted octanol–water partition coefficient (Wildman–Crippen LogP) is 3.62. The van der Waals surface area contributed by atoms with Gasteiger partial charge in [0, 0.05) is 19.8 Å². The highest BCUT2D eigenvalue weighted by molar-refractivity contribution is 6.33. The zero-order chi connectivity index (χ0) is 15.9. The fraction of sp³-hybridized carbons (Fsp3) is 0.312. The number of hydrogen-bond donors (Lipinski definition) is 1. The molecular formula is C16H19ClN4O. The number of halogens is 1. The summed E-state index contributed by atoms with van der Waals surface area (Å²) in [6, 6.07) is 8.68. The second kappa shape index (κ2) is 7.75. The molecule has 0 aliphatic rings. The fourth-order valence-electron chi connectivity index (χ4n) is 1.90. The van der Waals surface area contributed by atoms with Crippen molar-refractivity contribution in [2.75, 3.05) is 23.8 Å². The second-order valence-corrected chi connectivity index (χ2v) is 5.36. The summed E-state index contributed by atoms with van der Waals surface area (Å²) in [6.45, 7) is 2.98. The van der Waals surface area contributed by atoms with E-state index in [9.17, 15) is 4.79 Å². The number of amides is 1. The van der Waals surface area contributed by atoms with Crippen molar-refractivity contribution in [2.45, 2.75) is 19.8 Å². The van der Waals surface area contributed by atoms with Gasteiger partial charge in [0.05, 0.1) is 10.7 Å². The van der Waals surface area contributed by atoms with Gasteiger partial charge in [0.2, 0.25) is 5.95 Å². The first kappa shape index (κ1) is 16.2. The monoisotopic (exact) mass is 318 g/mol. The Balaban J connectivity index is 2.12. The van der Waals surface area contributed by atoms with Crippen molar-refractivity contribution >= 4 is 29.1 Å². The summed E-state index contributed by atoms with van der Waals surface area (Å²) in [5.74, 6) is 0.237. The Kier molecular flexibility index (Phi) is 5.72. The summed E-state index contributed by atoms with van der Waals surface area (Å²) in [7, 11) is 1.92. The van der Waals surface area contributed by atoms with Crippen LogP contribution in [0.15, 0.2) is 36.5 Å². The lowest BCUT2D eigenvalue weighted by molar-refractivity contribution is 0.102. The van der Waals surface area contributed by atoms with E-state index in [-0.39, 0.29) is 5.91 Å². The van der Waals surface area contributed by atoms with Crippen molar-refractivity contribution in [2.24, 2.45) is 0 Å². The molecule has 0 spiro atoms. The number of para-hydroxylation sites is 1. The molecule has 5 nitrogen and oxygen atoms in total. The van der Waals surface area contributed by atoms with E-state index in [1.54, 1.807) is 24.4 Å². The Labute approximate surface area is 135 Å². The van der Waals surface area contributed by atoms with Gasteiger partial charge in [0.1, 0.15) is 5.69 Å². The Bertz CT molecular complexity index is 648. The maximum absolute atomic E-state index is 12.3. The molecule has 1 N–H and O–H groups in total. The van der Waals surface area contributed by atoms with E-state index in [4.69, 9.17) is 11.6 Å². The average molecular weight is 319 g/mol. The molecule has 1 aromatic carbocycles. The van der Waals surface area contributed by atoms with Crippen molar-refractivity contribution in [1.82, 2.24) is 9.97 Å². The molecule has 1 aromatic heterocycles. The first-order chi connectivity index (χ1) is 10.6. The molecule has 0 aliphatic carbocycles. The number of carbonyl (C=O) groups excluding carboxylic acids is 1. The van der Waals surface area contributed by atoms with Crippen LogP contribution >= 0.6 is 11.6 Å². The Hall–Kier alpha value is -2.14. The van der Waals surface area contributed by atoms with Crippen LogP contribution in [-0.2, 0) is 0 Å². The van der Waals surface area contributed by atoms with Crippen molar-refractivity contribution in [3.63, 3.8) is 0 Å². The molecule has 0 bridgehead atoms. The number of nitrogens with zero attached hydrogens (tertiary/aromatic N) is 3. The molecule has 0 atom stereocenters. The lowest BCUT2D eigenvalue weighted by Crippen LogP contribution is -2.23. The molecule has 2 aromatic rings. The molecule has 2 rings (SSSR count). The van der Waals surface area contributed by atoms with E-state index in [1.807, 2.05) is 24.1 Å². The molecule has 6 heteroatoms. The van der Waals surface area contributed by atoms with Gasteiger partial charge in [-0.05, 0) is 24.6 Å². The van der Waals surface area contributed by atoms with Gasteiger partial charge in [0.25, 0.3) is 5.91 Å². The van der Waals surface area contributed by atoms with Crippen LogP contribution in [0, 0.1) is 0 Å². The van der Waals surface area contributed by atoms with Crippen LogP contribution in [0.3, 0.4) is 0 Å². The summed E-state index contributed by atoms with van der Waals surface area (Å²) in [6.07, 6.45) is 3.74. The Morgan fingerprint density at radius 1 is 1.32 bits per heavy atom. The lowest BCUT2D eigenvalue weighted by atomic mass is 10.3. The van der Waals surface area contributed by atoms with E-state index in [1.165, 1.54) is 0 Å². The van der Waals surface area contributed by atoms with Gasteiger partial charge in [-0.2, -0.15) is 0 Å². The molecule has 22 heavy (non-hydrogen) atoms. The molecule has 1 amide bonds. The topological polar surface area (TPSA) is 58.1 Å². The number of nitrogens with one attached hydrogen (secondary N) is 1. The van der Waals surface area contributed by atoms with Gasteiger partial charge in [-0.1, -0.05) is 37.1 Å². The molecule has 0 unspecified atom stereocenters. The minimum absolute atomic E-state index is 0.305. The maximum atomic E-state index is 12.3. The third-order valence-electron chi connectivity index (χ3n) is 3.19. The van der Waals surface area contributed by atoms with E-state index in [2.05, 4.69) is 22.2 Å². The summed E-state index contributed by atoms with van der Waals surface area (Å²) in [5, 5.41) is 3.25. The minimum atomic E-state index is -0.305. The third kappa shape index (κ3) is 4.18. The highest BCUT2D eigenvalue weighted by Crippen LogP contribution is 2.21. The first-order valence-corrected chi connectivity index (χ1v) is 7.59. The van der Waals surface area contributed by atoms with Crippen molar-refractivity contribution in [3.8, 4) is 0 Å². The van der Waals surface area contributed by atoms with Crippen LogP contribution in [0.2, 0.25) is 5.02 Å². The first-order valence-electron chi connectivity index (χ1n) is 7.22. The molecule has 0 radical (unpaired) electrons. The third-order valence-corrected chi connectivity index (χ3v) is 3.52. The molecule has 0 aliphatic heterocycles. The van der Waals surface area contributed by atoms with Gasteiger partial charge < -0.3 is 10.2 Å². The Morgan fingerprint density at radius 3 is 2.82 bits per heavy atom. The molecule has 0 saturated heterocycles. The van der Waals surface area contributed by atoms with E-state index < -0.39 is 0 Å². The zero-order valence-electron chi connectivity index (χ0n) is 12.7. The van der Waals surface area contributed by atoms with E-state index >= 15 is 0 Å². The van der Waals surface area contributed by atoms with E-state index in [0.717, 1.165) is 19.4 Å². The molecule has 0 saturated carbocycles. The summed E-state index contributed by atoms with van der Waals surface area (Å²) in [5.41, 5.74) is 0.877. The molecule has 116 valence electrons. The van der Waals surface area contributed by atoms with Gasteiger partial charge in [-0.15, -0.1) is 0 Å². The van der Waals surface area contributed by atoms with E-state index in [0.29, 0.717) is 22.4 Å². The number of anilines is 2. The average Bonchev–Trinajstić information content (AvgIpc) is 2.54. The smallest absolute Gasteiger partial charge is 0.274 e. The number of hydrogen-bond acceptors (Lipinski definition) is 4. The normalized spacial score (nSPS) is 10.3. The predicted molar refractivity (Wildman–Crippen MR) is 89.6 cm³/mol. The zero-order valence-corrected chi connectivity index (χ0v) is 13.5. The molecular weight excluding hydrogens is 300 g/mol. The van der Waals surface area contributed by atoms with Gasteiger partial charge >= 0.3 is 0 Å². The fourth-order valence-corrected chi connectivity index (χ4v) is 2.09. The van der Waals surface area contributed by atoms with Crippen LogP contribution in [0.25, 0.3) is 0 Å². The quantitative estimate of drug-likeness (QED) is 0.883. The Morgan fingerprint density at radius 2 is 2.09 bits per heavy atom. The molecule has 0 fully saturated rings. The largest absolute Gasteiger partial charge is 0.344 e. The highest BCUT2D eigenvalue weighted by Gasteiger charge is 2.12. The number of aromatic nitrogens is 2. The van der Waals surface area contributed by atoms with Crippen LogP contribution < -0.4 is 10.2 Å². The minimum Gasteiger partial charge on any atom is -0.344 e. The number of unbranched alkanes of at least 4 members (excludes halogenated alkanes) is 1. The van der Waals surface area contributed by atoms with Crippen LogP contribution in [-0.4, -0.2) is 29.5 Å². The standard InChI is InChI=1S/C16H19ClN4O/c1-3-4-11-21(2)16-18-10-9-14(20-16)15(22)19-13-8-6-5-7-12(13)17/h5-10H,3-4,11H2,1-2H3,(H,19,22). The van der Waals surface area contributed by atoms with Gasteiger partial charge in [-0.25, -0.2) is 9.97 Å². The number of benzene rings is 1. The van der Waals surface area contributed by atoms with Crippen molar-refractivity contribution < 1.29 is 4.79 Å². The molecule has 1 heterocycles. The summed E-state index contributed by atoms with van der Waals surface area (Å²) < 4.78 is 0. The maximum Gasteiger partial charge on any atom is 0.274 e. The van der Waals surface area contributed by atoms with Crippen molar-refractivity contribution in [3.05, 3.63) is 47.2 Å². The van der Waals surface area contributed by atoms with Gasteiger partial charge in [-0.3, -0.25) is 4.79 Å².